The van der Waals surface area contributed by atoms with Crippen LogP contribution in [0.25, 0.3) is 10.9 Å². The van der Waals surface area contributed by atoms with Gasteiger partial charge in [0.1, 0.15) is 0 Å². The molecule has 2 heterocycles. The Labute approximate surface area is 178 Å². The van der Waals surface area contributed by atoms with Gasteiger partial charge in [-0.15, -0.1) is 0 Å². The Hall–Kier alpha value is -2.38. The van der Waals surface area contributed by atoms with Crippen molar-refractivity contribution in [3.8, 4) is 0 Å². The van der Waals surface area contributed by atoms with E-state index in [1.54, 1.807) is 18.2 Å². The van der Waals surface area contributed by atoms with E-state index in [9.17, 15) is 8.42 Å². The second-order valence-electron chi connectivity index (χ2n) is 8.43. The predicted molar refractivity (Wildman–Crippen MR) is 119 cm³/mol. The Morgan fingerprint density at radius 1 is 1.17 bits per heavy atom. The maximum Gasteiger partial charge on any atom is 0.264 e. The van der Waals surface area contributed by atoms with Gasteiger partial charge in [0.2, 0.25) is 0 Å². The number of anilines is 1. The molecule has 2 aromatic carbocycles. The van der Waals surface area contributed by atoms with E-state index in [1.807, 2.05) is 49.0 Å². The van der Waals surface area contributed by atoms with Crippen LogP contribution in [0.3, 0.4) is 0 Å². The van der Waals surface area contributed by atoms with Crippen molar-refractivity contribution in [1.82, 2.24) is 9.78 Å². The van der Waals surface area contributed by atoms with Gasteiger partial charge in [0.05, 0.1) is 29.3 Å². The standard InChI is InChI=1S/C23H29N3O3S/c1-4-18-5-7-21(8-6-18)26(12-17(2)3)30(27,28)22-9-10-23-20(11-22)14-25(24-23)13-19-15-29-16-19/h5-11,14,17,19H,4,12-13,15-16H2,1-3H3. The molecule has 0 radical (unpaired) electrons. The maximum atomic E-state index is 13.6. The summed E-state index contributed by atoms with van der Waals surface area (Å²) in [6.45, 7) is 8.88. The van der Waals surface area contributed by atoms with Gasteiger partial charge in [-0.3, -0.25) is 8.99 Å². The molecular formula is C23H29N3O3S. The minimum absolute atomic E-state index is 0.196. The van der Waals surface area contributed by atoms with Crippen LogP contribution in [0.4, 0.5) is 5.69 Å². The third-order valence-corrected chi connectivity index (χ3v) is 7.22. The summed E-state index contributed by atoms with van der Waals surface area (Å²) in [5.41, 5.74) is 2.69. The molecule has 0 atom stereocenters. The first-order chi connectivity index (χ1) is 14.4. The summed E-state index contributed by atoms with van der Waals surface area (Å²) in [5, 5.41) is 5.42. The summed E-state index contributed by atoms with van der Waals surface area (Å²) >= 11 is 0. The number of aromatic nitrogens is 2. The fourth-order valence-corrected chi connectivity index (χ4v) is 5.33. The van der Waals surface area contributed by atoms with E-state index in [0.29, 0.717) is 23.0 Å². The molecule has 30 heavy (non-hydrogen) atoms. The van der Waals surface area contributed by atoms with E-state index in [1.165, 1.54) is 9.87 Å². The number of ether oxygens (including phenoxy) is 1. The normalized spacial score (nSPS) is 14.9. The maximum absolute atomic E-state index is 13.6. The Bertz CT molecular complexity index is 1120. The molecule has 1 saturated heterocycles. The van der Waals surface area contributed by atoms with Gasteiger partial charge in [0.15, 0.2) is 0 Å². The summed E-state index contributed by atoms with van der Waals surface area (Å²) in [6.07, 6.45) is 2.85. The highest BCUT2D eigenvalue weighted by molar-refractivity contribution is 7.92. The number of rotatable bonds is 8. The number of hydrogen-bond donors (Lipinski definition) is 0. The van der Waals surface area contributed by atoms with Crippen molar-refractivity contribution >= 4 is 26.6 Å². The molecule has 0 amide bonds. The number of benzene rings is 2. The molecule has 160 valence electrons. The minimum atomic E-state index is -3.69. The zero-order valence-electron chi connectivity index (χ0n) is 17.8. The lowest BCUT2D eigenvalue weighted by Gasteiger charge is -2.26. The molecule has 0 spiro atoms. The van der Waals surface area contributed by atoms with Crippen LogP contribution in [0.15, 0.2) is 53.6 Å². The molecule has 0 saturated carbocycles. The van der Waals surface area contributed by atoms with Crippen LogP contribution in [-0.4, -0.2) is 38.0 Å². The summed E-state index contributed by atoms with van der Waals surface area (Å²) in [6, 6.07) is 13.0. The number of hydrogen-bond acceptors (Lipinski definition) is 4. The molecule has 1 aromatic heterocycles. The molecule has 0 unspecified atom stereocenters. The van der Waals surface area contributed by atoms with Crippen molar-refractivity contribution in [3.05, 3.63) is 54.2 Å². The molecule has 1 aliphatic heterocycles. The first kappa shape index (κ1) is 20.9. The van der Waals surface area contributed by atoms with Gasteiger partial charge in [-0.05, 0) is 48.2 Å². The number of sulfonamides is 1. The van der Waals surface area contributed by atoms with Gasteiger partial charge < -0.3 is 4.74 Å². The molecule has 0 aliphatic carbocycles. The van der Waals surface area contributed by atoms with Crippen molar-refractivity contribution in [2.75, 3.05) is 24.1 Å². The highest BCUT2D eigenvalue weighted by Crippen LogP contribution is 2.28. The van der Waals surface area contributed by atoms with Crippen LogP contribution < -0.4 is 4.31 Å². The van der Waals surface area contributed by atoms with E-state index in [0.717, 1.165) is 37.1 Å². The third-order valence-electron chi connectivity index (χ3n) is 5.43. The van der Waals surface area contributed by atoms with Crippen LogP contribution in [0.1, 0.15) is 26.3 Å². The largest absolute Gasteiger partial charge is 0.381 e. The fraction of sp³-hybridized carbons (Fsp3) is 0.435. The van der Waals surface area contributed by atoms with Gasteiger partial charge in [0.25, 0.3) is 10.0 Å². The predicted octanol–water partition coefficient (Wildman–Crippen LogP) is 4.10. The first-order valence-electron chi connectivity index (χ1n) is 10.5. The number of aryl methyl sites for hydroxylation is 1. The summed E-state index contributed by atoms with van der Waals surface area (Å²) in [5.74, 6) is 0.678. The molecule has 1 fully saturated rings. The quantitative estimate of drug-likeness (QED) is 0.543. The second kappa shape index (κ2) is 8.40. The topological polar surface area (TPSA) is 64.4 Å². The summed E-state index contributed by atoms with van der Waals surface area (Å²) in [4.78, 5) is 0.293. The van der Waals surface area contributed by atoms with Gasteiger partial charge >= 0.3 is 0 Å². The van der Waals surface area contributed by atoms with E-state index >= 15 is 0 Å². The van der Waals surface area contributed by atoms with Crippen molar-refractivity contribution in [2.45, 2.75) is 38.6 Å². The van der Waals surface area contributed by atoms with Gasteiger partial charge in [-0.2, -0.15) is 5.10 Å². The lowest BCUT2D eigenvalue weighted by molar-refractivity contribution is -0.0407. The molecule has 3 aromatic rings. The summed E-state index contributed by atoms with van der Waals surface area (Å²) < 4.78 is 35.8. The lowest BCUT2D eigenvalue weighted by Crippen LogP contribution is -2.34. The fourth-order valence-electron chi connectivity index (χ4n) is 3.66. The monoisotopic (exact) mass is 427 g/mol. The van der Waals surface area contributed by atoms with Gasteiger partial charge in [-0.1, -0.05) is 32.9 Å². The number of nitrogens with zero attached hydrogens (tertiary/aromatic N) is 3. The Morgan fingerprint density at radius 3 is 2.50 bits per heavy atom. The molecule has 7 heteroatoms. The number of fused-ring (bicyclic) bond motifs is 1. The Balaban J connectivity index is 1.67. The minimum Gasteiger partial charge on any atom is -0.381 e. The Kier molecular flexibility index (Phi) is 5.84. The average molecular weight is 428 g/mol. The van der Waals surface area contributed by atoms with Crippen molar-refractivity contribution in [2.24, 2.45) is 11.8 Å². The molecule has 4 rings (SSSR count). The smallest absolute Gasteiger partial charge is 0.264 e. The van der Waals surface area contributed by atoms with E-state index in [4.69, 9.17) is 4.74 Å². The van der Waals surface area contributed by atoms with Crippen molar-refractivity contribution < 1.29 is 13.2 Å². The van der Waals surface area contributed by atoms with Crippen LogP contribution in [0, 0.1) is 11.8 Å². The van der Waals surface area contributed by atoms with E-state index < -0.39 is 10.0 Å². The second-order valence-corrected chi connectivity index (χ2v) is 10.3. The van der Waals surface area contributed by atoms with Crippen molar-refractivity contribution in [3.63, 3.8) is 0 Å². The van der Waals surface area contributed by atoms with Crippen LogP contribution >= 0.6 is 0 Å². The van der Waals surface area contributed by atoms with Crippen LogP contribution in [0.2, 0.25) is 0 Å². The summed E-state index contributed by atoms with van der Waals surface area (Å²) in [7, 11) is -3.69. The van der Waals surface area contributed by atoms with Crippen LogP contribution in [-0.2, 0) is 27.7 Å². The zero-order valence-corrected chi connectivity index (χ0v) is 18.6. The SMILES string of the molecule is CCc1ccc(N(CC(C)C)S(=O)(=O)c2ccc3nn(CC4COC4)cc3c2)cc1. The molecule has 6 nitrogen and oxygen atoms in total. The lowest BCUT2D eigenvalue weighted by atomic mass is 10.1. The van der Waals surface area contributed by atoms with E-state index in [2.05, 4.69) is 12.0 Å². The molecular weight excluding hydrogens is 398 g/mol. The molecule has 1 aliphatic rings. The third kappa shape index (κ3) is 4.23. The Morgan fingerprint density at radius 2 is 1.90 bits per heavy atom. The van der Waals surface area contributed by atoms with Gasteiger partial charge in [0, 0.05) is 30.6 Å². The average Bonchev–Trinajstić information content (AvgIpc) is 3.11. The zero-order chi connectivity index (χ0) is 21.3. The highest BCUT2D eigenvalue weighted by atomic mass is 32.2. The first-order valence-corrected chi connectivity index (χ1v) is 12.0. The molecule has 0 bridgehead atoms. The van der Waals surface area contributed by atoms with E-state index in [-0.39, 0.29) is 5.92 Å². The van der Waals surface area contributed by atoms with Crippen molar-refractivity contribution in [1.29, 1.82) is 0 Å². The molecule has 0 N–H and O–H groups in total. The van der Waals surface area contributed by atoms with Crippen LogP contribution in [0.5, 0.6) is 0 Å². The van der Waals surface area contributed by atoms with Gasteiger partial charge in [-0.25, -0.2) is 8.42 Å². The highest BCUT2D eigenvalue weighted by Gasteiger charge is 2.26.